The molecule has 0 atom stereocenters. The van der Waals surface area contributed by atoms with Gasteiger partial charge in [-0.05, 0) is 42.3 Å². The highest BCUT2D eigenvalue weighted by Crippen LogP contribution is 2.33. The summed E-state index contributed by atoms with van der Waals surface area (Å²) in [4.78, 5) is 18.7. The van der Waals surface area contributed by atoms with Crippen molar-refractivity contribution in [2.45, 2.75) is 25.6 Å². The summed E-state index contributed by atoms with van der Waals surface area (Å²) in [6.45, 7) is 1.39. The van der Waals surface area contributed by atoms with Crippen LogP contribution in [0.4, 0.5) is 13.2 Å². The van der Waals surface area contributed by atoms with Gasteiger partial charge in [-0.25, -0.2) is 4.98 Å². The van der Waals surface area contributed by atoms with Gasteiger partial charge in [0.1, 0.15) is 0 Å². The smallest absolute Gasteiger partial charge is 0.338 e. The molecule has 142 valence electrons. The average Bonchev–Trinajstić information content (AvgIpc) is 3.30. The zero-order chi connectivity index (χ0) is 19.0. The van der Waals surface area contributed by atoms with E-state index in [1.165, 1.54) is 15.9 Å². The number of carbonyl (C=O) groups is 1. The molecule has 0 saturated carbocycles. The minimum Gasteiger partial charge on any atom is -0.338 e. The van der Waals surface area contributed by atoms with Crippen LogP contribution in [-0.4, -0.2) is 33.4 Å². The van der Waals surface area contributed by atoms with Crippen LogP contribution in [0.25, 0.3) is 11.0 Å². The average molecular weight is 393 g/mol. The zero-order valence-corrected chi connectivity index (χ0v) is 15.3. The summed E-state index contributed by atoms with van der Waals surface area (Å²) >= 11 is 1.41. The number of alkyl halides is 3. The number of amides is 1. The molecule has 1 aromatic carbocycles. The Morgan fingerprint density at radius 3 is 2.56 bits per heavy atom. The van der Waals surface area contributed by atoms with Gasteiger partial charge in [-0.2, -0.15) is 13.2 Å². The molecule has 3 aromatic rings. The fraction of sp³-hybridized carbons (Fsp3) is 0.368. The van der Waals surface area contributed by atoms with Gasteiger partial charge in [0.15, 0.2) is 0 Å². The Labute approximate surface area is 158 Å². The molecule has 0 radical (unpaired) electrons. The zero-order valence-electron chi connectivity index (χ0n) is 14.4. The SMILES string of the molecule is O=C(c1cccs1)N1CCC(Cn2c(C(F)(F)F)nc3ccccc32)CC1. The van der Waals surface area contributed by atoms with Crippen molar-refractivity contribution in [3.05, 3.63) is 52.5 Å². The number of rotatable bonds is 3. The highest BCUT2D eigenvalue weighted by Gasteiger charge is 2.38. The highest BCUT2D eigenvalue weighted by atomic mass is 32.1. The molecule has 3 heterocycles. The molecular weight excluding hydrogens is 375 g/mol. The second kappa shape index (κ2) is 6.99. The Kier molecular flexibility index (Phi) is 4.67. The topological polar surface area (TPSA) is 38.1 Å². The number of likely N-dealkylation sites (tertiary alicyclic amines) is 1. The first-order valence-corrected chi connectivity index (χ1v) is 9.66. The molecule has 0 N–H and O–H groups in total. The van der Waals surface area contributed by atoms with Gasteiger partial charge in [-0.1, -0.05) is 18.2 Å². The first-order valence-electron chi connectivity index (χ1n) is 8.79. The molecule has 1 aliphatic heterocycles. The van der Waals surface area contributed by atoms with Crippen LogP contribution in [-0.2, 0) is 12.7 Å². The monoisotopic (exact) mass is 393 g/mol. The predicted octanol–water partition coefficient (Wildman–Crippen LogP) is 4.67. The summed E-state index contributed by atoms with van der Waals surface area (Å²) in [6.07, 6.45) is -3.13. The Balaban J connectivity index is 1.50. The lowest BCUT2D eigenvalue weighted by atomic mass is 9.96. The molecule has 0 bridgehead atoms. The summed E-state index contributed by atoms with van der Waals surface area (Å²) in [7, 11) is 0. The minimum atomic E-state index is -4.49. The van der Waals surface area contributed by atoms with Gasteiger partial charge in [-0.15, -0.1) is 11.3 Å². The van der Waals surface area contributed by atoms with Gasteiger partial charge in [0, 0.05) is 19.6 Å². The van der Waals surface area contributed by atoms with E-state index in [2.05, 4.69) is 4.98 Å². The number of imidazole rings is 1. The molecule has 2 aromatic heterocycles. The van der Waals surface area contributed by atoms with Crippen molar-refractivity contribution < 1.29 is 18.0 Å². The van der Waals surface area contributed by atoms with Crippen molar-refractivity contribution in [3.63, 3.8) is 0 Å². The van der Waals surface area contributed by atoms with Gasteiger partial charge >= 0.3 is 6.18 Å². The number of hydrogen-bond acceptors (Lipinski definition) is 3. The van der Waals surface area contributed by atoms with Crippen LogP contribution in [0.1, 0.15) is 28.3 Å². The molecule has 8 heteroatoms. The predicted molar refractivity (Wildman–Crippen MR) is 97.7 cm³/mol. The Bertz CT molecular complexity index is 941. The van der Waals surface area contributed by atoms with Crippen molar-refractivity contribution in [2.24, 2.45) is 5.92 Å². The molecule has 0 unspecified atom stereocenters. The Hall–Kier alpha value is -2.35. The van der Waals surface area contributed by atoms with E-state index in [1.807, 2.05) is 11.4 Å². The molecule has 27 heavy (non-hydrogen) atoms. The Morgan fingerprint density at radius 1 is 1.15 bits per heavy atom. The van der Waals surface area contributed by atoms with E-state index < -0.39 is 12.0 Å². The van der Waals surface area contributed by atoms with Crippen molar-refractivity contribution in [3.8, 4) is 0 Å². The summed E-state index contributed by atoms with van der Waals surface area (Å²) in [5.74, 6) is -0.760. The standard InChI is InChI=1S/C19H18F3N3OS/c20-19(21,22)18-23-14-4-1-2-5-15(14)25(18)12-13-7-9-24(10-8-13)17(26)16-6-3-11-27-16/h1-6,11,13H,7-10,12H2. The summed E-state index contributed by atoms with van der Waals surface area (Å²) < 4.78 is 41.6. The highest BCUT2D eigenvalue weighted by molar-refractivity contribution is 7.12. The van der Waals surface area contributed by atoms with Gasteiger partial charge in [0.25, 0.3) is 5.91 Å². The maximum absolute atomic E-state index is 13.4. The van der Waals surface area contributed by atoms with E-state index in [1.54, 1.807) is 35.2 Å². The third-order valence-electron chi connectivity index (χ3n) is 4.98. The summed E-state index contributed by atoms with van der Waals surface area (Å²) in [6, 6.07) is 10.3. The minimum absolute atomic E-state index is 0.00695. The van der Waals surface area contributed by atoms with E-state index in [4.69, 9.17) is 0 Å². The van der Waals surface area contributed by atoms with E-state index in [-0.39, 0.29) is 18.4 Å². The number of fused-ring (bicyclic) bond motifs is 1. The normalized spacial score (nSPS) is 16.2. The maximum Gasteiger partial charge on any atom is 0.449 e. The number of aromatic nitrogens is 2. The van der Waals surface area contributed by atoms with Crippen LogP contribution >= 0.6 is 11.3 Å². The van der Waals surface area contributed by atoms with Crippen molar-refractivity contribution in [1.29, 1.82) is 0 Å². The molecule has 0 aliphatic carbocycles. The second-order valence-corrected chi connectivity index (χ2v) is 7.69. The van der Waals surface area contributed by atoms with E-state index in [9.17, 15) is 18.0 Å². The molecular formula is C19H18F3N3OS. The van der Waals surface area contributed by atoms with Crippen LogP contribution in [0.15, 0.2) is 41.8 Å². The number of thiophene rings is 1. The first-order chi connectivity index (χ1) is 12.9. The molecule has 1 saturated heterocycles. The van der Waals surface area contributed by atoms with Gasteiger partial charge in [-0.3, -0.25) is 4.79 Å². The lowest BCUT2D eigenvalue weighted by Gasteiger charge is -2.32. The number of para-hydroxylation sites is 2. The van der Waals surface area contributed by atoms with Gasteiger partial charge in [0.05, 0.1) is 15.9 Å². The maximum atomic E-state index is 13.4. The van der Waals surface area contributed by atoms with Crippen LogP contribution in [0.2, 0.25) is 0 Å². The second-order valence-electron chi connectivity index (χ2n) is 6.75. The van der Waals surface area contributed by atoms with E-state index in [0.717, 1.165) is 0 Å². The third kappa shape index (κ3) is 3.58. The largest absolute Gasteiger partial charge is 0.449 e. The molecule has 4 rings (SSSR count). The number of halogens is 3. The number of carbonyl (C=O) groups excluding carboxylic acids is 1. The van der Waals surface area contributed by atoms with Crippen LogP contribution in [0.5, 0.6) is 0 Å². The first kappa shape index (κ1) is 18.0. The molecule has 0 spiro atoms. The fourth-order valence-electron chi connectivity index (χ4n) is 3.61. The van der Waals surface area contributed by atoms with Gasteiger partial charge < -0.3 is 9.47 Å². The van der Waals surface area contributed by atoms with Crippen molar-refractivity contribution in [2.75, 3.05) is 13.1 Å². The number of piperidine rings is 1. The van der Waals surface area contributed by atoms with Crippen LogP contribution in [0, 0.1) is 5.92 Å². The number of hydrogen-bond donors (Lipinski definition) is 0. The number of nitrogens with zero attached hydrogens (tertiary/aromatic N) is 3. The third-order valence-corrected chi connectivity index (χ3v) is 5.84. The fourth-order valence-corrected chi connectivity index (χ4v) is 4.30. The number of benzene rings is 1. The van der Waals surface area contributed by atoms with Crippen molar-refractivity contribution >= 4 is 28.3 Å². The molecule has 4 nitrogen and oxygen atoms in total. The molecule has 1 aliphatic rings. The van der Waals surface area contributed by atoms with E-state index in [0.29, 0.717) is 41.8 Å². The lowest BCUT2D eigenvalue weighted by Crippen LogP contribution is -2.39. The molecule has 1 fully saturated rings. The summed E-state index contributed by atoms with van der Waals surface area (Å²) in [5, 5.41) is 1.86. The lowest BCUT2D eigenvalue weighted by molar-refractivity contribution is -0.147. The van der Waals surface area contributed by atoms with E-state index >= 15 is 0 Å². The summed E-state index contributed by atoms with van der Waals surface area (Å²) in [5.41, 5.74) is 0.858. The van der Waals surface area contributed by atoms with Crippen LogP contribution < -0.4 is 0 Å². The Morgan fingerprint density at radius 2 is 1.89 bits per heavy atom. The van der Waals surface area contributed by atoms with Crippen molar-refractivity contribution in [1.82, 2.24) is 14.5 Å². The quantitative estimate of drug-likeness (QED) is 0.649. The molecule has 1 amide bonds. The van der Waals surface area contributed by atoms with Crippen LogP contribution in [0.3, 0.4) is 0 Å². The van der Waals surface area contributed by atoms with Gasteiger partial charge in [0.2, 0.25) is 5.82 Å².